The minimum absolute atomic E-state index is 0.186. The molecule has 3 nitrogen and oxygen atoms in total. The summed E-state index contributed by atoms with van der Waals surface area (Å²) in [6.07, 6.45) is 4.69. The van der Waals surface area contributed by atoms with Crippen LogP contribution < -0.4 is 5.32 Å². The Morgan fingerprint density at radius 2 is 2.47 bits per heavy atom. The van der Waals surface area contributed by atoms with E-state index in [4.69, 9.17) is 9.47 Å². The van der Waals surface area contributed by atoms with E-state index in [1.165, 1.54) is 24.3 Å². The SMILES string of the molecule is CCC(COC)NC1CCOC2(CCSC2)C1. The fraction of sp³-hybridized carbons (Fsp3) is 1.00. The molecule has 0 aromatic rings. The predicted octanol–water partition coefficient (Wildman–Crippen LogP) is 2.06. The van der Waals surface area contributed by atoms with Crippen molar-refractivity contribution in [2.45, 2.75) is 50.3 Å². The fourth-order valence-corrected chi connectivity index (χ4v) is 4.23. The minimum atomic E-state index is 0.186. The molecule has 0 saturated carbocycles. The summed E-state index contributed by atoms with van der Waals surface area (Å²) in [6.45, 7) is 3.95. The molecule has 1 spiro atoms. The molecule has 3 atom stereocenters. The average Bonchev–Trinajstić information content (AvgIpc) is 2.77. The first kappa shape index (κ1) is 13.7. The van der Waals surface area contributed by atoms with Crippen molar-refractivity contribution in [2.75, 3.05) is 31.8 Å². The highest BCUT2D eigenvalue weighted by Gasteiger charge is 2.40. The number of hydrogen-bond acceptors (Lipinski definition) is 4. The summed E-state index contributed by atoms with van der Waals surface area (Å²) in [5, 5.41) is 3.74. The van der Waals surface area contributed by atoms with E-state index in [-0.39, 0.29) is 5.60 Å². The summed E-state index contributed by atoms with van der Waals surface area (Å²) in [5.41, 5.74) is 0.186. The summed E-state index contributed by atoms with van der Waals surface area (Å²) < 4.78 is 11.3. The molecule has 3 unspecified atom stereocenters. The van der Waals surface area contributed by atoms with Crippen molar-refractivity contribution in [3.8, 4) is 0 Å². The van der Waals surface area contributed by atoms with Gasteiger partial charge in [-0.25, -0.2) is 0 Å². The van der Waals surface area contributed by atoms with E-state index in [0.29, 0.717) is 12.1 Å². The summed E-state index contributed by atoms with van der Waals surface area (Å²) in [7, 11) is 1.78. The van der Waals surface area contributed by atoms with Gasteiger partial charge in [-0.2, -0.15) is 11.8 Å². The highest BCUT2D eigenvalue weighted by atomic mass is 32.2. The normalized spacial score (nSPS) is 35.3. The van der Waals surface area contributed by atoms with Crippen LogP contribution in [-0.4, -0.2) is 49.5 Å². The van der Waals surface area contributed by atoms with Crippen molar-refractivity contribution in [1.82, 2.24) is 5.32 Å². The third-order valence-corrected chi connectivity index (χ3v) is 5.12. The molecule has 17 heavy (non-hydrogen) atoms. The third kappa shape index (κ3) is 3.60. The number of methoxy groups -OCH3 is 1. The molecule has 2 heterocycles. The lowest BCUT2D eigenvalue weighted by Gasteiger charge is -2.39. The maximum Gasteiger partial charge on any atom is 0.0795 e. The zero-order valence-electron chi connectivity index (χ0n) is 11.0. The lowest BCUT2D eigenvalue weighted by molar-refractivity contribution is -0.0722. The Balaban J connectivity index is 1.84. The van der Waals surface area contributed by atoms with Crippen molar-refractivity contribution in [2.24, 2.45) is 0 Å². The number of hydrogen-bond donors (Lipinski definition) is 1. The third-order valence-electron chi connectivity index (χ3n) is 3.89. The van der Waals surface area contributed by atoms with Crippen LogP contribution >= 0.6 is 11.8 Å². The lowest BCUT2D eigenvalue weighted by atomic mass is 9.89. The van der Waals surface area contributed by atoms with E-state index in [2.05, 4.69) is 12.2 Å². The van der Waals surface area contributed by atoms with Gasteiger partial charge in [-0.3, -0.25) is 0 Å². The van der Waals surface area contributed by atoms with E-state index < -0.39 is 0 Å². The van der Waals surface area contributed by atoms with Gasteiger partial charge >= 0.3 is 0 Å². The zero-order chi connectivity index (χ0) is 12.1. The molecule has 2 saturated heterocycles. The second kappa shape index (κ2) is 6.41. The summed E-state index contributed by atoms with van der Waals surface area (Å²) in [4.78, 5) is 0. The Labute approximate surface area is 109 Å². The van der Waals surface area contributed by atoms with Crippen LogP contribution in [0, 0.1) is 0 Å². The molecule has 0 aliphatic carbocycles. The molecule has 2 aliphatic rings. The van der Waals surface area contributed by atoms with Crippen LogP contribution in [-0.2, 0) is 9.47 Å². The van der Waals surface area contributed by atoms with Crippen molar-refractivity contribution in [3.63, 3.8) is 0 Å². The highest BCUT2D eigenvalue weighted by molar-refractivity contribution is 7.99. The number of thioether (sulfide) groups is 1. The minimum Gasteiger partial charge on any atom is -0.383 e. The smallest absolute Gasteiger partial charge is 0.0795 e. The fourth-order valence-electron chi connectivity index (χ4n) is 2.85. The average molecular weight is 259 g/mol. The Morgan fingerprint density at radius 3 is 3.12 bits per heavy atom. The predicted molar refractivity (Wildman–Crippen MR) is 72.7 cm³/mol. The van der Waals surface area contributed by atoms with Gasteiger partial charge in [-0.15, -0.1) is 0 Å². The van der Waals surface area contributed by atoms with Gasteiger partial charge in [0.15, 0.2) is 0 Å². The van der Waals surface area contributed by atoms with Crippen LogP contribution in [0.5, 0.6) is 0 Å². The first-order chi connectivity index (χ1) is 8.28. The monoisotopic (exact) mass is 259 g/mol. The molecule has 2 rings (SSSR count). The summed E-state index contributed by atoms with van der Waals surface area (Å²) >= 11 is 2.04. The van der Waals surface area contributed by atoms with Crippen LogP contribution in [0.25, 0.3) is 0 Å². The maximum atomic E-state index is 6.04. The Bertz CT molecular complexity index is 231. The maximum absolute atomic E-state index is 6.04. The van der Waals surface area contributed by atoms with Gasteiger partial charge in [0.05, 0.1) is 12.2 Å². The van der Waals surface area contributed by atoms with Gasteiger partial charge in [0.25, 0.3) is 0 Å². The first-order valence-electron chi connectivity index (χ1n) is 6.75. The molecule has 100 valence electrons. The van der Waals surface area contributed by atoms with E-state index in [9.17, 15) is 0 Å². The first-order valence-corrected chi connectivity index (χ1v) is 7.90. The van der Waals surface area contributed by atoms with Crippen LogP contribution in [0.1, 0.15) is 32.6 Å². The quantitative estimate of drug-likeness (QED) is 0.818. The van der Waals surface area contributed by atoms with Gasteiger partial charge < -0.3 is 14.8 Å². The summed E-state index contributed by atoms with van der Waals surface area (Å²) in [5.74, 6) is 2.45. The van der Waals surface area contributed by atoms with Crippen LogP contribution in [0.3, 0.4) is 0 Å². The molecule has 0 aromatic carbocycles. The topological polar surface area (TPSA) is 30.5 Å². The molecule has 1 N–H and O–H groups in total. The van der Waals surface area contributed by atoms with Crippen molar-refractivity contribution < 1.29 is 9.47 Å². The molecule has 0 radical (unpaired) electrons. The lowest BCUT2D eigenvalue weighted by Crippen LogP contribution is -2.50. The molecular formula is C13H25NO2S. The van der Waals surface area contributed by atoms with E-state index in [0.717, 1.165) is 26.1 Å². The van der Waals surface area contributed by atoms with E-state index >= 15 is 0 Å². The van der Waals surface area contributed by atoms with Gasteiger partial charge in [-0.1, -0.05) is 6.92 Å². The highest BCUT2D eigenvalue weighted by Crippen LogP contribution is 2.38. The van der Waals surface area contributed by atoms with Crippen molar-refractivity contribution in [3.05, 3.63) is 0 Å². The second-order valence-electron chi connectivity index (χ2n) is 5.25. The molecule has 0 aromatic heterocycles. The Morgan fingerprint density at radius 1 is 1.59 bits per heavy atom. The molecule has 2 fully saturated rings. The number of nitrogens with one attached hydrogen (secondary N) is 1. The van der Waals surface area contributed by atoms with Gasteiger partial charge in [0, 0.05) is 31.6 Å². The van der Waals surface area contributed by atoms with E-state index in [1.807, 2.05) is 11.8 Å². The Hall–Kier alpha value is 0.230. The van der Waals surface area contributed by atoms with Crippen molar-refractivity contribution in [1.29, 1.82) is 0 Å². The van der Waals surface area contributed by atoms with E-state index in [1.54, 1.807) is 7.11 Å². The standard InChI is InChI=1S/C13H25NO2S/c1-3-11(9-15-2)14-12-4-6-16-13(8-12)5-7-17-10-13/h11-12,14H,3-10H2,1-2H3. The van der Waals surface area contributed by atoms with Gasteiger partial charge in [0.2, 0.25) is 0 Å². The molecule has 4 heteroatoms. The Kier molecular flexibility index (Phi) is 5.15. The molecule has 0 amide bonds. The molecular weight excluding hydrogens is 234 g/mol. The summed E-state index contributed by atoms with van der Waals surface area (Å²) in [6, 6.07) is 1.11. The number of ether oxygens (including phenoxy) is 2. The number of rotatable bonds is 5. The van der Waals surface area contributed by atoms with Crippen LogP contribution in [0.2, 0.25) is 0 Å². The molecule has 2 aliphatic heterocycles. The van der Waals surface area contributed by atoms with Gasteiger partial charge in [0.1, 0.15) is 0 Å². The zero-order valence-corrected chi connectivity index (χ0v) is 11.9. The van der Waals surface area contributed by atoms with Crippen molar-refractivity contribution >= 4 is 11.8 Å². The van der Waals surface area contributed by atoms with Crippen LogP contribution in [0.15, 0.2) is 0 Å². The van der Waals surface area contributed by atoms with Gasteiger partial charge in [-0.05, 0) is 31.4 Å². The second-order valence-corrected chi connectivity index (χ2v) is 6.36. The molecule has 0 bridgehead atoms. The largest absolute Gasteiger partial charge is 0.383 e. The van der Waals surface area contributed by atoms with Crippen LogP contribution in [0.4, 0.5) is 0 Å².